The summed E-state index contributed by atoms with van der Waals surface area (Å²) in [5.41, 5.74) is 4.68. The topological polar surface area (TPSA) is 57.9 Å². The average molecular weight is 558 g/mol. The van der Waals surface area contributed by atoms with Crippen LogP contribution in [-0.2, 0) is 33.0 Å². The van der Waals surface area contributed by atoms with Crippen molar-refractivity contribution >= 4 is 29.9 Å². The number of aromatic nitrogens is 2. The molecule has 2 heterocycles. The Morgan fingerprint density at radius 1 is 1.19 bits per heavy atom. The van der Waals surface area contributed by atoms with Gasteiger partial charge in [0.1, 0.15) is 0 Å². The molecular weight excluding hydrogens is 522 g/mol. The van der Waals surface area contributed by atoms with Gasteiger partial charge in [-0.05, 0) is 30.5 Å². The molecule has 0 bridgehead atoms. The van der Waals surface area contributed by atoms with Gasteiger partial charge in [0, 0.05) is 64.6 Å². The molecule has 3 rings (SSSR count). The van der Waals surface area contributed by atoms with E-state index in [-0.39, 0.29) is 35.5 Å². The second kappa shape index (κ2) is 12.4. The van der Waals surface area contributed by atoms with Crippen molar-refractivity contribution in [2.75, 3.05) is 40.3 Å². The second-order valence-corrected chi connectivity index (χ2v) is 7.84. The Balaban J connectivity index is 0.00000363. The summed E-state index contributed by atoms with van der Waals surface area (Å²) in [5, 5.41) is 8.21. The Morgan fingerprint density at radius 3 is 2.47 bits per heavy atom. The van der Waals surface area contributed by atoms with E-state index in [0.717, 1.165) is 69.3 Å². The second-order valence-electron chi connectivity index (χ2n) is 7.84. The van der Waals surface area contributed by atoms with Crippen molar-refractivity contribution in [1.29, 1.82) is 0 Å². The molecule has 7 nitrogen and oxygen atoms in total. The number of benzene rings is 1. The molecule has 1 aliphatic rings. The summed E-state index contributed by atoms with van der Waals surface area (Å²) < 4.78 is 21.0. The number of nitrogens with one attached hydrogen (secondary N) is 1. The SMILES string of the molecule is CCc1nn(C)c(CC)c1CNC(=NC)N1CCN(Cc2ccc(OC)c(F)c2)CC1.I. The lowest BCUT2D eigenvalue weighted by molar-refractivity contribution is 0.172. The van der Waals surface area contributed by atoms with Gasteiger partial charge in [0.05, 0.1) is 12.8 Å². The minimum absolute atomic E-state index is 0. The van der Waals surface area contributed by atoms with E-state index in [2.05, 4.69) is 39.1 Å². The lowest BCUT2D eigenvalue weighted by atomic mass is 10.1. The van der Waals surface area contributed by atoms with E-state index in [1.54, 1.807) is 12.1 Å². The van der Waals surface area contributed by atoms with Gasteiger partial charge < -0.3 is 15.0 Å². The van der Waals surface area contributed by atoms with Crippen LogP contribution >= 0.6 is 24.0 Å². The van der Waals surface area contributed by atoms with Crippen molar-refractivity contribution in [2.24, 2.45) is 12.0 Å². The number of aryl methyl sites for hydroxylation is 2. The fraction of sp³-hybridized carbons (Fsp3) is 0.565. The first kappa shape index (κ1) is 26.4. The van der Waals surface area contributed by atoms with E-state index in [4.69, 9.17) is 4.74 Å². The zero-order valence-electron chi connectivity index (χ0n) is 19.8. The molecule has 1 aliphatic heterocycles. The van der Waals surface area contributed by atoms with Crippen LogP contribution < -0.4 is 10.1 Å². The lowest BCUT2D eigenvalue weighted by Gasteiger charge is -2.36. The van der Waals surface area contributed by atoms with E-state index >= 15 is 0 Å². The van der Waals surface area contributed by atoms with E-state index in [9.17, 15) is 4.39 Å². The molecule has 0 saturated carbocycles. The van der Waals surface area contributed by atoms with Crippen LogP contribution in [0.3, 0.4) is 0 Å². The van der Waals surface area contributed by atoms with E-state index in [1.165, 1.54) is 18.4 Å². The van der Waals surface area contributed by atoms with Crippen LogP contribution in [0, 0.1) is 5.82 Å². The number of rotatable bonds is 7. The van der Waals surface area contributed by atoms with E-state index in [1.807, 2.05) is 24.8 Å². The molecule has 1 aromatic carbocycles. The van der Waals surface area contributed by atoms with Gasteiger partial charge in [-0.2, -0.15) is 5.10 Å². The number of piperazine rings is 1. The predicted octanol–water partition coefficient (Wildman–Crippen LogP) is 3.20. The number of hydrogen-bond donors (Lipinski definition) is 1. The first-order valence-electron chi connectivity index (χ1n) is 11.0. The quantitative estimate of drug-likeness (QED) is 0.322. The summed E-state index contributed by atoms with van der Waals surface area (Å²) in [5.74, 6) is 0.897. The number of halogens is 2. The zero-order valence-corrected chi connectivity index (χ0v) is 22.1. The smallest absolute Gasteiger partial charge is 0.194 e. The van der Waals surface area contributed by atoms with Gasteiger partial charge in [-0.15, -0.1) is 24.0 Å². The molecule has 0 unspecified atom stereocenters. The maximum absolute atomic E-state index is 14.0. The number of hydrogen-bond acceptors (Lipinski definition) is 4. The molecule has 0 amide bonds. The molecule has 0 atom stereocenters. The van der Waals surface area contributed by atoms with Crippen LogP contribution in [0.1, 0.15) is 36.4 Å². The third kappa shape index (κ3) is 6.12. The fourth-order valence-electron chi connectivity index (χ4n) is 4.28. The fourth-order valence-corrected chi connectivity index (χ4v) is 4.28. The highest BCUT2D eigenvalue weighted by Gasteiger charge is 2.21. The van der Waals surface area contributed by atoms with Crippen molar-refractivity contribution < 1.29 is 9.13 Å². The Bertz CT molecular complexity index is 908. The maximum atomic E-state index is 14.0. The third-order valence-electron chi connectivity index (χ3n) is 5.96. The summed E-state index contributed by atoms with van der Waals surface area (Å²) in [6, 6.07) is 5.19. The maximum Gasteiger partial charge on any atom is 0.194 e. The van der Waals surface area contributed by atoms with Crippen molar-refractivity contribution in [2.45, 2.75) is 39.8 Å². The number of aliphatic imine (C=N–C) groups is 1. The molecule has 0 spiro atoms. The Morgan fingerprint density at radius 2 is 1.91 bits per heavy atom. The van der Waals surface area contributed by atoms with Crippen molar-refractivity contribution in [1.82, 2.24) is 24.9 Å². The molecule has 1 saturated heterocycles. The molecular formula is C23H36FIN6O. The Hall–Kier alpha value is -1.88. The Labute approximate surface area is 208 Å². The molecule has 9 heteroatoms. The normalized spacial score (nSPS) is 14.9. The standard InChI is InChI=1S/C23H35FN6O.HI/c1-6-20-18(21(7-2)28(4)27-20)15-26-23(25-3)30-12-10-29(11-13-30)16-17-8-9-22(31-5)19(24)14-17;/h8-9,14H,6-7,10-13,15-16H2,1-5H3,(H,25,26);1H. The molecule has 2 aromatic rings. The lowest BCUT2D eigenvalue weighted by Crippen LogP contribution is -2.52. The van der Waals surface area contributed by atoms with Gasteiger partial charge in [0.25, 0.3) is 0 Å². The summed E-state index contributed by atoms with van der Waals surface area (Å²) in [4.78, 5) is 9.14. The van der Waals surface area contributed by atoms with Gasteiger partial charge in [-0.25, -0.2) is 4.39 Å². The highest BCUT2D eigenvalue weighted by Crippen LogP contribution is 2.19. The van der Waals surface area contributed by atoms with Crippen LogP contribution in [0.15, 0.2) is 23.2 Å². The summed E-state index contributed by atoms with van der Waals surface area (Å²) in [7, 11) is 5.34. The number of methoxy groups -OCH3 is 1. The van der Waals surface area contributed by atoms with Crippen LogP contribution in [0.2, 0.25) is 0 Å². The minimum Gasteiger partial charge on any atom is -0.494 e. The van der Waals surface area contributed by atoms with Gasteiger partial charge in [0.2, 0.25) is 0 Å². The zero-order chi connectivity index (χ0) is 22.4. The first-order valence-corrected chi connectivity index (χ1v) is 11.0. The van der Waals surface area contributed by atoms with Crippen LogP contribution in [0.25, 0.3) is 0 Å². The number of nitrogens with zero attached hydrogens (tertiary/aromatic N) is 5. The Kier molecular flexibility index (Phi) is 10.2. The highest BCUT2D eigenvalue weighted by molar-refractivity contribution is 14.0. The largest absolute Gasteiger partial charge is 0.494 e. The molecule has 1 aromatic heterocycles. The van der Waals surface area contributed by atoms with E-state index in [0.29, 0.717) is 0 Å². The average Bonchev–Trinajstić information content (AvgIpc) is 3.09. The van der Waals surface area contributed by atoms with Crippen molar-refractivity contribution in [3.8, 4) is 5.75 Å². The molecule has 0 aliphatic carbocycles. The molecule has 1 fully saturated rings. The van der Waals surface area contributed by atoms with Gasteiger partial charge in [-0.1, -0.05) is 19.9 Å². The molecule has 0 radical (unpaired) electrons. The summed E-state index contributed by atoms with van der Waals surface area (Å²) in [6.45, 7) is 9.35. The minimum atomic E-state index is -0.309. The van der Waals surface area contributed by atoms with Gasteiger partial charge in [-0.3, -0.25) is 14.6 Å². The predicted molar refractivity (Wildman–Crippen MR) is 137 cm³/mol. The summed E-state index contributed by atoms with van der Waals surface area (Å²) in [6.07, 6.45) is 1.89. The number of guanidine groups is 1. The van der Waals surface area contributed by atoms with Crippen molar-refractivity contribution in [3.63, 3.8) is 0 Å². The molecule has 1 N–H and O–H groups in total. The highest BCUT2D eigenvalue weighted by atomic mass is 127. The van der Waals surface area contributed by atoms with Gasteiger partial charge in [0.15, 0.2) is 17.5 Å². The molecule has 178 valence electrons. The van der Waals surface area contributed by atoms with Crippen LogP contribution in [0.4, 0.5) is 4.39 Å². The van der Waals surface area contributed by atoms with Gasteiger partial charge >= 0.3 is 0 Å². The van der Waals surface area contributed by atoms with Crippen LogP contribution in [0.5, 0.6) is 5.75 Å². The van der Waals surface area contributed by atoms with Crippen molar-refractivity contribution in [3.05, 3.63) is 46.5 Å². The molecule has 32 heavy (non-hydrogen) atoms. The van der Waals surface area contributed by atoms with E-state index < -0.39 is 0 Å². The van der Waals surface area contributed by atoms with Crippen LogP contribution in [-0.4, -0.2) is 65.9 Å². The summed E-state index contributed by atoms with van der Waals surface area (Å²) >= 11 is 0. The first-order chi connectivity index (χ1) is 15.0. The monoisotopic (exact) mass is 558 g/mol. The number of ether oxygens (including phenoxy) is 1. The third-order valence-corrected chi connectivity index (χ3v) is 5.96.